The molecule has 0 aromatic rings. The molecule has 0 spiro atoms. The molecular formula is C38H72O4. The summed E-state index contributed by atoms with van der Waals surface area (Å²) in [5.74, 6) is -0.304. The van der Waals surface area contributed by atoms with E-state index >= 15 is 0 Å². The lowest BCUT2D eigenvalue weighted by atomic mass is 10.0. The molecule has 0 saturated heterocycles. The van der Waals surface area contributed by atoms with Crippen molar-refractivity contribution >= 4 is 11.9 Å². The molecule has 0 saturated carbocycles. The van der Waals surface area contributed by atoms with Crippen molar-refractivity contribution in [3.63, 3.8) is 0 Å². The van der Waals surface area contributed by atoms with Gasteiger partial charge >= 0.3 is 11.9 Å². The molecule has 0 aromatic carbocycles. The molecule has 0 aliphatic carbocycles. The van der Waals surface area contributed by atoms with E-state index in [9.17, 15) is 9.59 Å². The predicted molar refractivity (Wildman–Crippen MR) is 181 cm³/mol. The number of ether oxygens (including phenoxy) is 2. The van der Waals surface area contributed by atoms with Crippen LogP contribution in [0, 0.1) is 0 Å². The molecule has 1 atom stereocenters. The van der Waals surface area contributed by atoms with E-state index < -0.39 is 5.60 Å². The second-order valence-electron chi connectivity index (χ2n) is 13.9. The molecule has 248 valence electrons. The first kappa shape index (κ1) is 40.7. The summed E-state index contributed by atoms with van der Waals surface area (Å²) >= 11 is 0. The van der Waals surface area contributed by atoms with E-state index in [0.717, 1.165) is 50.5 Å². The smallest absolute Gasteiger partial charge is 0.331 e. The molecule has 0 aromatic heterocycles. The summed E-state index contributed by atoms with van der Waals surface area (Å²) in [6, 6.07) is 0. The monoisotopic (exact) mass is 593 g/mol. The number of esters is 2. The maximum Gasteiger partial charge on any atom is 0.331 e. The Labute approximate surface area is 262 Å². The van der Waals surface area contributed by atoms with Gasteiger partial charge in [-0.2, -0.15) is 0 Å². The largest absolute Gasteiger partial charge is 0.463 e. The molecular weight excluding hydrogens is 520 g/mol. The predicted octanol–water partition coefficient (Wildman–Crippen LogP) is 12.4. The molecule has 4 heteroatoms. The van der Waals surface area contributed by atoms with Crippen LogP contribution in [0.25, 0.3) is 0 Å². The first-order valence-corrected chi connectivity index (χ1v) is 18.2. The number of hydrogen-bond acceptors (Lipinski definition) is 4. The first-order valence-electron chi connectivity index (χ1n) is 18.2. The Kier molecular flexibility index (Phi) is 27.6. The van der Waals surface area contributed by atoms with Crippen molar-refractivity contribution in [2.24, 2.45) is 0 Å². The lowest BCUT2D eigenvalue weighted by molar-refractivity contribution is -0.149. The quantitative estimate of drug-likeness (QED) is 0.0492. The normalized spacial score (nSPS) is 12.9. The minimum atomic E-state index is -0.452. The van der Waals surface area contributed by atoms with E-state index in [4.69, 9.17) is 9.47 Å². The van der Waals surface area contributed by atoms with Crippen LogP contribution >= 0.6 is 0 Å². The van der Waals surface area contributed by atoms with Gasteiger partial charge in [-0.3, -0.25) is 4.79 Å². The Morgan fingerprint density at radius 1 is 0.595 bits per heavy atom. The van der Waals surface area contributed by atoms with Crippen molar-refractivity contribution in [2.75, 3.05) is 0 Å². The summed E-state index contributed by atoms with van der Waals surface area (Å²) in [5.41, 5.74) is 0.602. The van der Waals surface area contributed by atoms with Gasteiger partial charge in [-0.25, -0.2) is 4.79 Å². The molecule has 42 heavy (non-hydrogen) atoms. The second kappa shape index (κ2) is 28.5. The van der Waals surface area contributed by atoms with Crippen LogP contribution in [0.1, 0.15) is 208 Å². The minimum Gasteiger partial charge on any atom is -0.463 e. The molecule has 0 heterocycles. The van der Waals surface area contributed by atoms with Gasteiger partial charge in [0, 0.05) is 12.5 Å². The van der Waals surface area contributed by atoms with Crippen molar-refractivity contribution in [3.05, 3.63) is 11.6 Å². The average molecular weight is 593 g/mol. The van der Waals surface area contributed by atoms with Gasteiger partial charge in [-0.1, -0.05) is 141 Å². The van der Waals surface area contributed by atoms with E-state index in [1.807, 2.05) is 34.6 Å². The van der Waals surface area contributed by atoms with Crippen LogP contribution in [-0.4, -0.2) is 23.6 Å². The fraction of sp³-hybridized carbons (Fsp3) is 0.895. The fourth-order valence-electron chi connectivity index (χ4n) is 5.48. The Bertz CT molecular complexity index is 660. The van der Waals surface area contributed by atoms with Gasteiger partial charge in [0.15, 0.2) is 0 Å². The second-order valence-corrected chi connectivity index (χ2v) is 13.9. The molecule has 0 aliphatic heterocycles. The molecule has 4 nitrogen and oxygen atoms in total. The number of unbranched alkanes of at least 4 members (excludes halogenated alkanes) is 21. The van der Waals surface area contributed by atoms with Crippen molar-refractivity contribution in [1.82, 2.24) is 0 Å². The van der Waals surface area contributed by atoms with Gasteiger partial charge in [-0.05, 0) is 66.7 Å². The van der Waals surface area contributed by atoms with Gasteiger partial charge in [0.2, 0.25) is 0 Å². The first-order chi connectivity index (χ1) is 20.1. The van der Waals surface area contributed by atoms with Crippen LogP contribution in [0.3, 0.4) is 0 Å². The third-order valence-corrected chi connectivity index (χ3v) is 8.02. The van der Waals surface area contributed by atoms with E-state index in [1.54, 1.807) is 6.08 Å². The number of carbonyl (C=O) groups excluding carboxylic acids is 2. The molecule has 0 aliphatic rings. The average Bonchev–Trinajstić information content (AvgIpc) is 2.90. The van der Waals surface area contributed by atoms with Crippen molar-refractivity contribution in [3.8, 4) is 0 Å². The number of rotatable bonds is 29. The van der Waals surface area contributed by atoms with Crippen LogP contribution in [0.15, 0.2) is 11.6 Å². The molecule has 0 rings (SSSR count). The maximum atomic E-state index is 12.2. The number of hydrogen-bond donors (Lipinski definition) is 0. The van der Waals surface area contributed by atoms with Crippen molar-refractivity contribution in [1.29, 1.82) is 0 Å². The highest BCUT2D eigenvalue weighted by Crippen LogP contribution is 2.17. The SMILES string of the molecule is CCCCCCCCCCCCCCCCCCCCCCC(=O)OC(C)CCCCC/C(C)=C\C(=O)OC(C)(C)C. The van der Waals surface area contributed by atoms with Gasteiger partial charge in [0.05, 0.1) is 6.10 Å². The zero-order chi connectivity index (χ0) is 31.3. The van der Waals surface area contributed by atoms with E-state index in [1.165, 1.54) is 116 Å². The van der Waals surface area contributed by atoms with Gasteiger partial charge in [0.25, 0.3) is 0 Å². The lowest BCUT2D eigenvalue weighted by Gasteiger charge is -2.18. The third-order valence-electron chi connectivity index (χ3n) is 8.02. The molecule has 0 bridgehead atoms. The van der Waals surface area contributed by atoms with Crippen LogP contribution in [0.4, 0.5) is 0 Å². The molecule has 0 radical (unpaired) electrons. The molecule has 0 N–H and O–H groups in total. The van der Waals surface area contributed by atoms with E-state index in [-0.39, 0.29) is 18.0 Å². The molecule has 0 amide bonds. The summed E-state index contributed by atoms with van der Waals surface area (Å²) < 4.78 is 10.9. The van der Waals surface area contributed by atoms with Crippen LogP contribution in [0.2, 0.25) is 0 Å². The highest BCUT2D eigenvalue weighted by molar-refractivity contribution is 5.83. The lowest BCUT2D eigenvalue weighted by Crippen LogP contribution is -2.22. The van der Waals surface area contributed by atoms with Gasteiger partial charge in [-0.15, -0.1) is 0 Å². The zero-order valence-corrected chi connectivity index (χ0v) is 29.2. The van der Waals surface area contributed by atoms with E-state index in [2.05, 4.69) is 6.92 Å². The maximum absolute atomic E-state index is 12.2. The van der Waals surface area contributed by atoms with E-state index in [0.29, 0.717) is 6.42 Å². The summed E-state index contributed by atoms with van der Waals surface area (Å²) in [6.07, 6.45) is 34.4. The van der Waals surface area contributed by atoms with Crippen molar-refractivity contribution < 1.29 is 19.1 Å². The zero-order valence-electron chi connectivity index (χ0n) is 29.2. The standard InChI is InChI=1S/C38H72O4/c1-7-8-9-10-11-12-13-14-15-16-17-18-19-20-21-22-23-24-25-29-32-36(39)41-35(3)31-28-26-27-30-34(2)33-37(40)42-38(4,5)6/h33,35H,7-32H2,1-6H3/b34-33-. The van der Waals surface area contributed by atoms with Crippen LogP contribution < -0.4 is 0 Å². The van der Waals surface area contributed by atoms with Crippen molar-refractivity contribution in [2.45, 2.75) is 220 Å². The summed E-state index contributed by atoms with van der Waals surface area (Å²) in [4.78, 5) is 24.0. The minimum absolute atomic E-state index is 0.0130. The highest BCUT2D eigenvalue weighted by atomic mass is 16.6. The molecule has 1 unspecified atom stereocenters. The Balaban J connectivity index is 3.44. The van der Waals surface area contributed by atoms with Gasteiger partial charge in [0.1, 0.15) is 5.60 Å². The highest BCUT2D eigenvalue weighted by Gasteiger charge is 2.14. The number of carbonyl (C=O) groups is 2. The Hall–Kier alpha value is -1.32. The Morgan fingerprint density at radius 3 is 1.40 bits per heavy atom. The molecule has 0 fully saturated rings. The summed E-state index contributed by atoms with van der Waals surface area (Å²) in [7, 11) is 0. The number of allylic oxidation sites excluding steroid dienone is 1. The topological polar surface area (TPSA) is 52.6 Å². The summed E-state index contributed by atoms with van der Waals surface area (Å²) in [5, 5.41) is 0. The fourth-order valence-corrected chi connectivity index (χ4v) is 5.48. The van der Waals surface area contributed by atoms with Gasteiger partial charge < -0.3 is 9.47 Å². The van der Waals surface area contributed by atoms with Crippen LogP contribution in [0.5, 0.6) is 0 Å². The van der Waals surface area contributed by atoms with Crippen LogP contribution in [-0.2, 0) is 19.1 Å². The third kappa shape index (κ3) is 31.6. The summed E-state index contributed by atoms with van der Waals surface area (Å²) in [6.45, 7) is 11.9. The Morgan fingerprint density at radius 2 is 0.976 bits per heavy atom.